The highest BCUT2D eigenvalue weighted by molar-refractivity contribution is 6.06. The lowest BCUT2D eigenvalue weighted by atomic mass is 9.95. The first-order valence-corrected chi connectivity index (χ1v) is 5.26. The molecule has 0 aliphatic heterocycles. The number of benzene rings is 2. The van der Waals surface area contributed by atoms with Gasteiger partial charge in [-0.15, -0.1) is 0 Å². The maximum atomic E-state index is 11.3. The van der Waals surface area contributed by atoms with E-state index in [1.165, 1.54) is 12.1 Å². The first-order valence-electron chi connectivity index (χ1n) is 5.26. The summed E-state index contributed by atoms with van der Waals surface area (Å²) in [6.45, 7) is 0. The third kappa shape index (κ3) is 3.02. The van der Waals surface area contributed by atoms with Gasteiger partial charge in [-0.25, -0.2) is 9.59 Å². The van der Waals surface area contributed by atoms with Crippen LogP contribution in [-0.4, -0.2) is 39.5 Å². The smallest absolute Gasteiger partial charge is 0.337 e. The lowest BCUT2D eigenvalue weighted by Crippen LogP contribution is -2.09. The number of hydrogen-bond acceptors (Lipinski definition) is 2. The maximum absolute atomic E-state index is 11.3. The lowest BCUT2D eigenvalue weighted by molar-refractivity contribution is 0.0652. The maximum Gasteiger partial charge on any atom is 0.337 e. The van der Waals surface area contributed by atoms with E-state index in [4.69, 9.17) is 5.11 Å². The number of hydrogen-bond donors (Lipinski definition) is 2. The quantitative estimate of drug-likeness (QED) is 0.839. The third-order valence-corrected chi connectivity index (χ3v) is 2.59. The Kier molecular flexibility index (Phi) is 4.88. The van der Waals surface area contributed by atoms with Crippen molar-refractivity contribution in [3.05, 3.63) is 59.7 Å². The van der Waals surface area contributed by atoms with E-state index >= 15 is 0 Å². The van der Waals surface area contributed by atoms with Gasteiger partial charge in [-0.3, -0.25) is 0 Å². The third-order valence-electron chi connectivity index (χ3n) is 2.59. The molecule has 3 radical (unpaired) electrons. The van der Waals surface area contributed by atoms with Gasteiger partial charge in [0.15, 0.2) is 0 Å². The molecule has 93 valence electrons. The van der Waals surface area contributed by atoms with E-state index in [1.807, 2.05) is 6.07 Å². The van der Waals surface area contributed by atoms with Crippen molar-refractivity contribution in [2.75, 3.05) is 0 Å². The van der Waals surface area contributed by atoms with Crippen molar-refractivity contribution in [3.8, 4) is 11.1 Å². The molecule has 2 aromatic carbocycles. The summed E-state index contributed by atoms with van der Waals surface area (Å²) in [6, 6.07) is 13.3. The summed E-state index contributed by atoms with van der Waals surface area (Å²) in [6.07, 6.45) is 0. The van der Waals surface area contributed by atoms with Crippen molar-refractivity contribution in [2.45, 2.75) is 0 Å². The van der Waals surface area contributed by atoms with Gasteiger partial charge in [0.25, 0.3) is 0 Å². The van der Waals surface area contributed by atoms with Crippen molar-refractivity contribution < 1.29 is 19.8 Å². The molecule has 0 spiro atoms. The van der Waals surface area contributed by atoms with E-state index in [1.54, 1.807) is 30.3 Å². The highest BCUT2D eigenvalue weighted by Crippen LogP contribution is 2.26. The fourth-order valence-electron chi connectivity index (χ4n) is 1.82. The fourth-order valence-corrected chi connectivity index (χ4v) is 1.82. The summed E-state index contributed by atoms with van der Waals surface area (Å²) >= 11 is 0. The number of carboxylic acids is 2. The summed E-state index contributed by atoms with van der Waals surface area (Å²) in [7, 11) is 0. The summed E-state index contributed by atoms with van der Waals surface area (Å²) < 4.78 is 0. The number of carbonyl (C=O) groups is 2. The molecular weight excluding hydrogens is 259 g/mol. The van der Waals surface area contributed by atoms with E-state index in [-0.39, 0.29) is 28.5 Å². The SMILES string of the molecule is O=C(O)c1cccc(-c2ccccc2)c1C(=O)O.[Al]. The Hall–Kier alpha value is -2.09. The Morgan fingerprint density at radius 1 is 0.789 bits per heavy atom. The van der Waals surface area contributed by atoms with E-state index in [0.29, 0.717) is 11.1 Å². The average molecular weight is 269 g/mol. The van der Waals surface area contributed by atoms with Crippen molar-refractivity contribution in [3.63, 3.8) is 0 Å². The molecule has 0 aromatic heterocycles. The molecule has 0 aliphatic carbocycles. The second-order valence-corrected chi connectivity index (χ2v) is 3.70. The van der Waals surface area contributed by atoms with Crippen LogP contribution >= 0.6 is 0 Å². The van der Waals surface area contributed by atoms with Gasteiger partial charge in [0, 0.05) is 17.4 Å². The van der Waals surface area contributed by atoms with Gasteiger partial charge < -0.3 is 10.2 Å². The zero-order valence-electron chi connectivity index (χ0n) is 9.91. The molecule has 2 aromatic rings. The van der Waals surface area contributed by atoms with Crippen LogP contribution in [0.15, 0.2) is 48.5 Å². The van der Waals surface area contributed by atoms with Crippen LogP contribution in [-0.2, 0) is 0 Å². The van der Waals surface area contributed by atoms with Gasteiger partial charge in [0.2, 0.25) is 0 Å². The van der Waals surface area contributed by atoms with E-state index in [9.17, 15) is 14.7 Å². The highest BCUT2D eigenvalue weighted by Gasteiger charge is 2.20. The minimum absolute atomic E-state index is 0. The summed E-state index contributed by atoms with van der Waals surface area (Å²) in [4.78, 5) is 22.3. The van der Waals surface area contributed by atoms with Crippen LogP contribution in [0.4, 0.5) is 0 Å². The van der Waals surface area contributed by atoms with Gasteiger partial charge in [0.1, 0.15) is 0 Å². The van der Waals surface area contributed by atoms with Crippen LogP contribution < -0.4 is 0 Å². The average Bonchev–Trinajstić information content (AvgIpc) is 2.38. The molecule has 0 fully saturated rings. The minimum Gasteiger partial charge on any atom is -0.478 e. The molecule has 0 saturated heterocycles. The molecule has 5 heteroatoms. The molecule has 4 nitrogen and oxygen atoms in total. The van der Waals surface area contributed by atoms with Crippen LogP contribution in [0.1, 0.15) is 20.7 Å². The molecule has 0 amide bonds. The normalized spacial score (nSPS) is 9.47. The van der Waals surface area contributed by atoms with E-state index in [2.05, 4.69) is 0 Å². The molecule has 2 rings (SSSR count). The van der Waals surface area contributed by atoms with Gasteiger partial charge in [-0.05, 0) is 17.2 Å². The number of rotatable bonds is 3. The highest BCUT2D eigenvalue weighted by atomic mass is 27.0. The Balaban J connectivity index is 0.00000180. The molecule has 0 bridgehead atoms. The Bertz CT molecular complexity index is 608. The first-order chi connectivity index (χ1) is 8.61. The largest absolute Gasteiger partial charge is 0.478 e. The van der Waals surface area contributed by atoms with E-state index < -0.39 is 11.9 Å². The second-order valence-electron chi connectivity index (χ2n) is 3.70. The van der Waals surface area contributed by atoms with Crippen molar-refractivity contribution in [2.24, 2.45) is 0 Å². The molecule has 19 heavy (non-hydrogen) atoms. The van der Waals surface area contributed by atoms with Crippen molar-refractivity contribution in [1.82, 2.24) is 0 Å². The fraction of sp³-hybridized carbons (Fsp3) is 0. The number of aromatic carboxylic acids is 2. The van der Waals surface area contributed by atoms with Gasteiger partial charge in [-0.2, -0.15) is 0 Å². The molecule has 0 saturated carbocycles. The van der Waals surface area contributed by atoms with Crippen LogP contribution in [0.2, 0.25) is 0 Å². The Labute approximate surface area is 120 Å². The molecule has 0 aliphatic rings. The van der Waals surface area contributed by atoms with E-state index in [0.717, 1.165) is 0 Å². The van der Waals surface area contributed by atoms with Gasteiger partial charge in [0.05, 0.1) is 11.1 Å². The summed E-state index contributed by atoms with van der Waals surface area (Å²) in [5.41, 5.74) is 0.695. The van der Waals surface area contributed by atoms with Crippen LogP contribution in [0.25, 0.3) is 11.1 Å². The number of carboxylic acid groups (broad SMARTS) is 2. The second kappa shape index (κ2) is 6.19. The molecule has 0 unspecified atom stereocenters. The van der Waals surface area contributed by atoms with Gasteiger partial charge in [-0.1, -0.05) is 42.5 Å². The molecular formula is C14H10AlO4. The summed E-state index contributed by atoms with van der Waals surface area (Å²) in [5.74, 6) is -2.49. The monoisotopic (exact) mass is 269 g/mol. The predicted octanol–water partition coefficient (Wildman–Crippen LogP) is 2.37. The predicted molar refractivity (Wildman–Crippen MR) is 71.6 cm³/mol. The van der Waals surface area contributed by atoms with Crippen molar-refractivity contribution >= 4 is 29.3 Å². The summed E-state index contributed by atoms with van der Waals surface area (Å²) in [5, 5.41) is 18.2. The standard InChI is InChI=1S/C14H10O4.Al/c15-13(16)11-8-4-7-10(12(11)14(17)18)9-5-2-1-3-6-9;/h1-8H,(H,15,16)(H,17,18);. The molecule has 0 atom stereocenters. The van der Waals surface area contributed by atoms with Gasteiger partial charge >= 0.3 is 11.9 Å². The topological polar surface area (TPSA) is 74.6 Å². The van der Waals surface area contributed by atoms with Crippen LogP contribution in [0.3, 0.4) is 0 Å². The molecule has 2 N–H and O–H groups in total. The lowest BCUT2D eigenvalue weighted by Gasteiger charge is -2.08. The zero-order valence-corrected chi connectivity index (χ0v) is 11.1. The Morgan fingerprint density at radius 2 is 1.42 bits per heavy atom. The van der Waals surface area contributed by atoms with Crippen molar-refractivity contribution in [1.29, 1.82) is 0 Å². The zero-order chi connectivity index (χ0) is 13.1. The van der Waals surface area contributed by atoms with Crippen LogP contribution in [0.5, 0.6) is 0 Å². The minimum atomic E-state index is -1.25. The van der Waals surface area contributed by atoms with Crippen LogP contribution in [0, 0.1) is 0 Å². The Morgan fingerprint density at radius 3 is 1.95 bits per heavy atom. The first kappa shape index (κ1) is 15.0. The molecule has 0 heterocycles.